The Kier molecular flexibility index (Phi) is 5.59. The van der Waals surface area contributed by atoms with Gasteiger partial charge in [-0.25, -0.2) is 10.1 Å². The summed E-state index contributed by atoms with van der Waals surface area (Å²) in [6.45, 7) is 0. The summed E-state index contributed by atoms with van der Waals surface area (Å²) < 4.78 is 1.75. The standard InChI is InChI=1S/C23H17ClN4O2/c24-18-12-10-16(11-13-18)22-17(15-28(27-22)19-6-2-1-3-7-19)14-25-26-23(30)20-8-4-5-9-21(20)29/h1-15,29H,(H,26,30)/b25-14+. The van der Waals surface area contributed by atoms with Crippen LogP contribution in [0.15, 0.2) is 90.2 Å². The second-order valence-electron chi connectivity index (χ2n) is 6.44. The minimum atomic E-state index is -0.507. The van der Waals surface area contributed by atoms with E-state index in [4.69, 9.17) is 11.6 Å². The number of carbonyl (C=O) groups excluding carboxylic acids is 1. The molecule has 6 nitrogen and oxygen atoms in total. The predicted molar refractivity (Wildman–Crippen MR) is 117 cm³/mol. The quantitative estimate of drug-likeness (QED) is 0.366. The highest BCUT2D eigenvalue weighted by atomic mass is 35.5. The molecular formula is C23H17ClN4O2. The molecule has 3 aromatic carbocycles. The summed E-state index contributed by atoms with van der Waals surface area (Å²) in [7, 11) is 0. The highest BCUT2D eigenvalue weighted by molar-refractivity contribution is 6.30. The van der Waals surface area contributed by atoms with Gasteiger partial charge < -0.3 is 5.11 Å². The molecule has 0 aliphatic rings. The van der Waals surface area contributed by atoms with Crippen molar-refractivity contribution in [1.82, 2.24) is 15.2 Å². The maximum atomic E-state index is 12.3. The molecule has 148 valence electrons. The van der Waals surface area contributed by atoms with Crippen molar-refractivity contribution in [3.8, 4) is 22.7 Å². The van der Waals surface area contributed by atoms with Crippen LogP contribution in [0.5, 0.6) is 5.75 Å². The molecule has 0 aliphatic heterocycles. The monoisotopic (exact) mass is 416 g/mol. The lowest BCUT2D eigenvalue weighted by Crippen LogP contribution is -2.17. The zero-order valence-electron chi connectivity index (χ0n) is 15.7. The number of para-hydroxylation sites is 2. The van der Waals surface area contributed by atoms with Gasteiger partial charge >= 0.3 is 0 Å². The summed E-state index contributed by atoms with van der Waals surface area (Å²) >= 11 is 6.01. The Hall–Kier alpha value is -3.90. The summed E-state index contributed by atoms with van der Waals surface area (Å²) in [5, 5.41) is 19.2. The third-order valence-electron chi connectivity index (χ3n) is 4.40. The van der Waals surface area contributed by atoms with Gasteiger partial charge in [0.15, 0.2) is 0 Å². The summed E-state index contributed by atoms with van der Waals surface area (Å²) in [4.78, 5) is 12.3. The van der Waals surface area contributed by atoms with Crippen LogP contribution in [0.25, 0.3) is 16.9 Å². The number of aromatic hydroxyl groups is 1. The molecule has 0 saturated carbocycles. The van der Waals surface area contributed by atoms with Crippen LogP contribution >= 0.6 is 11.6 Å². The predicted octanol–water partition coefficient (Wildman–Crippen LogP) is 4.66. The lowest BCUT2D eigenvalue weighted by atomic mass is 10.1. The topological polar surface area (TPSA) is 79.5 Å². The van der Waals surface area contributed by atoms with Gasteiger partial charge in [-0.3, -0.25) is 4.79 Å². The molecule has 0 unspecified atom stereocenters. The number of nitrogens with zero attached hydrogens (tertiary/aromatic N) is 3. The van der Waals surface area contributed by atoms with Crippen molar-refractivity contribution < 1.29 is 9.90 Å². The van der Waals surface area contributed by atoms with Crippen molar-refractivity contribution in [1.29, 1.82) is 0 Å². The molecule has 4 rings (SSSR count). The normalized spacial score (nSPS) is 11.0. The number of carbonyl (C=O) groups is 1. The first kappa shape index (κ1) is 19.4. The molecule has 1 amide bonds. The SMILES string of the molecule is O=C(N/N=C/c1cn(-c2ccccc2)nc1-c1ccc(Cl)cc1)c1ccccc1O. The maximum Gasteiger partial charge on any atom is 0.275 e. The molecule has 0 spiro atoms. The van der Waals surface area contributed by atoms with E-state index in [9.17, 15) is 9.90 Å². The summed E-state index contributed by atoms with van der Waals surface area (Å²) in [6.07, 6.45) is 3.35. The molecule has 1 aromatic heterocycles. The van der Waals surface area contributed by atoms with Gasteiger partial charge in [0.1, 0.15) is 11.4 Å². The number of hydrazone groups is 1. The number of benzene rings is 3. The minimum Gasteiger partial charge on any atom is -0.507 e. The molecule has 0 fully saturated rings. The van der Waals surface area contributed by atoms with Crippen LogP contribution in [0.3, 0.4) is 0 Å². The number of rotatable bonds is 5. The van der Waals surface area contributed by atoms with E-state index in [2.05, 4.69) is 15.6 Å². The molecule has 7 heteroatoms. The van der Waals surface area contributed by atoms with Crippen LogP contribution in [0.1, 0.15) is 15.9 Å². The van der Waals surface area contributed by atoms with E-state index in [1.807, 2.05) is 48.7 Å². The lowest BCUT2D eigenvalue weighted by molar-refractivity contribution is 0.0952. The number of aromatic nitrogens is 2. The van der Waals surface area contributed by atoms with E-state index in [1.165, 1.54) is 18.3 Å². The Morgan fingerprint density at radius 1 is 1.00 bits per heavy atom. The van der Waals surface area contributed by atoms with Crippen molar-refractivity contribution in [2.45, 2.75) is 0 Å². The number of amides is 1. The summed E-state index contributed by atoms with van der Waals surface area (Å²) in [5.74, 6) is -0.614. The van der Waals surface area contributed by atoms with Crippen molar-refractivity contribution in [3.63, 3.8) is 0 Å². The first-order valence-corrected chi connectivity index (χ1v) is 9.52. The van der Waals surface area contributed by atoms with Gasteiger partial charge in [0, 0.05) is 22.3 Å². The number of nitrogens with one attached hydrogen (secondary N) is 1. The Morgan fingerprint density at radius 2 is 1.70 bits per heavy atom. The van der Waals surface area contributed by atoms with E-state index in [0.29, 0.717) is 16.3 Å². The molecule has 0 saturated heterocycles. The number of hydrogen-bond acceptors (Lipinski definition) is 4. The second-order valence-corrected chi connectivity index (χ2v) is 6.87. The van der Waals surface area contributed by atoms with Gasteiger partial charge in [-0.15, -0.1) is 0 Å². The highest BCUT2D eigenvalue weighted by Crippen LogP contribution is 2.24. The maximum absolute atomic E-state index is 12.3. The van der Waals surface area contributed by atoms with Gasteiger partial charge in [-0.05, 0) is 36.4 Å². The van der Waals surface area contributed by atoms with E-state index < -0.39 is 5.91 Å². The zero-order chi connectivity index (χ0) is 20.9. The van der Waals surface area contributed by atoms with Crippen molar-refractivity contribution >= 4 is 23.7 Å². The largest absolute Gasteiger partial charge is 0.507 e. The summed E-state index contributed by atoms with van der Waals surface area (Å²) in [6, 6.07) is 23.3. The second kappa shape index (κ2) is 8.63. The van der Waals surface area contributed by atoms with Crippen molar-refractivity contribution in [2.75, 3.05) is 0 Å². The van der Waals surface area contributed by atoms with E-state index >= 15 is 0 Å². The molecule has 0 atom stereocenters. The van der Waals surface area contributed by atoms with Crippen LogP contribution in [-0.4, -0.2) is 27.0 Å². The van der Waals surface area contributed by atoms with Gasteiger partial charge in [0.25, 0.3) is 5.91 Å². The fraction of sp³-hybridized carbons (Fsp3) is 0. The van der Waals surface area contributed by atoms with Crippen molar-refractivity contribution in [2.24, 2.45) is 5.10 Å². The highest BCUT2D eigenvalue weighted by Gasteiger charge is 2.12. The average molecular weight is 417 g/mol. The molecule has 4 aromatic rings. The Morgan fingerprint density at radius 3 is 2.43 bits per heavy atom. The van der Waals surface area contributed by atoms with E-state index in [-0.39, 0.29) is 11.3 Å². The third kappa shape index (κ3) is 4.24. The molecule has 0 bridgehead atoms. The van der Waals surface area contributed by atoms with Crippen LogP contribution in [0.4, 0.5) is 0 Å². The van der Waals surface area contributed by atoms with Crippen LogP contribution in [-0.2, 0) is 0 Å². The fourth-order valence-electron chi connectivity index (χ4n) is 2.91. The molecule has 0 aliphatic carbocycles. The van der Waals surface area contributed by atoms with Gasteiger partial charge in [0.05, 0.1) is 17.5 Å². The van der Waals surface area contributed by atoms with Crippen LogP contribution in [0.2, 0.25) is 5.02 Å². The molecule has 2 N–H and O–H groups in total. The van der Waals surface area contributed by atoms with Crippen LogP contribution in [0, 0.1) is 0 Å². The van der Waals surface area contributed by atoms with Crippen molar-refractivity contribution in [3.05, 3.63) is 101 Å². The molecule has 0 radical (unpaired) electrons. The Labute approximate surface area is 178 Å². The average Bonchev–Trinajstić information content (AvgIpc) is 3.19. The smallest absolute Gasteiger partial charge is 0.275 e. The van der Waals surface area contributed by atoms with E-state index in [0.717, 1.165) is 11.3 Å². The first-order valence-electron chi connectivity index (χ1n) is 9.14. The molecular weight excluding hydrogens is 400 g/mol. The van der Waals surface area contributed by atoms with Gasteiger partial charge in [0.2, 0.25) is 0 Å². The fourth-order valence-corrected chi connectivity index (χ4v) is 3.04. The Balaban J connectivity index is 1.65. The third-order valence-corrected chi connectivity index (χ3v) is 4.65. The molecule has 30 heavy (non-hydrogen) atoms. The number of phenolic OH excluding ortho intramolecular Hbond substituents is 1. The number of phenols is 1. The Bertz CT molecular complexity index is 1200. The van der Waals surface area contributed by atoms with Gasteiger partial charge in [-0.1, -0.05) is 54.1 Å². The first-order chi connectivity index (χ1) is 14.6. The minimum absolute atomic E-state index is 0.107. The number of halogens is 1. The number of hydrogen-bond donors (Lipinski definition) is 2. The molecule has 1 heterocycles. The van der Waals surface area contributed by atoms with Gasteiger partial charge in [-0.2, -0.15) is 10.2 Å². The van der Waals surface area contributed by atoms with Crippen LogP contribution < -0.4 is 5.43 Å². The lowest BCUT2D eigenvalue weighted by Gasteiger charge is -2.02. The summed E-state index contributed by atoms with van der Waals surface area (Å²) in [5.41, 5.74) is 5.74. The van der Waals surface area contributed by atoms with E-state index in [1.54, 1.807) is 28.9 Å². The zero-order valence-corrected chi connectivity index (χ0v) is 16.5.